The van der Waals surface area contributed by atoms with Crippen molar-refractivity contribution in [1.82, 2.24) is 5.43 Å². The maximum absolute atomic E-state index is 11.5. The van der Waals surface area contributed by atoms with Gasteiger partial charge in [0, 0.05) is 16.8 Å². The van der Waals surface area contributed by atoms with E-state index < -0.39 is 6.04 Å². The van der Waals surface area contributed by atoms with E-state index >= 15 is 0 Å². The average molecular weight is 343 g/mol. The Morgan fingerprint density at radius 1 is 1.00 bits per heavy atom. The van der Waals surface area contributed by atoms with Crippen LogP contribution in [0.2, 0.25) is 0 Å². The summed E-state index contributed by atoms with van der Waals surface area (Å²) in [6, 6.07) is 17.9. The number of furan rings is 1. The van der Waals surface area contributed by atoms with Crippen LogP contribution in [-0.2, 0) is 4.79 Å². The van der Waals surface area contributed by atoms with E-state index in [-0.39, 0.29) is 12.0 Å². The molecule has 3 unspecified atom stereocenters. The molecule has 3 aromatic rings. The van der Waals surface area contributed by atoms with Gasteiger partial charge in [-0.25, -0.2) is 0 Å². The lowest BCUT2D eigenvalue weighted by Gasteiger charge is -2.39. The van der Waals surface area contributed by atoms with Crippen molar-refractivity contribution in [3.8, 4) is 0 Å². The number of nitrogens with zero attached hydrogens (tertiary/aromatic N) is 1. The fraction of sp³-hybridized carbons (Fsp3) is 0.143. The highest BCUT2D eigenvalue weighted by atomic mass is 16.3. The normalized spacial score (nSPS) is 23.2. The topological polar surface area (TPSA) is 66.6 Å². The summed E-state index contributed by atoms with van der Waals surface area (Å²) in [7, 11) is 0. The lowest BCUT2D eigenvalue weighted by Crippen LogP contribution is -2.38. The minimum Gasteiger partial charge on any atom is -0.472 e. The number of rotatable bonds is 3. The fourth-order valence-electron chi connectivity index (χ4n) is 3.98. The predicted molar refractivity (Wildman–Crippen MR) is 99.2 cm³/mol. The first-order valence-corrected chi connectivity index (χ1v) is 8.62. The highest BCUT2D eigenvalue weighted by Gasteiger charge is 2.40. The van der Waals surface area contributed by atoms with Crippen LogP contribution in [0.15, 0.2) is 76.6 Å². The van der Waals surface area contributed by atoms with Crippen molar-refractivity contribution in [3.63, 3.8) is 0 Å². The molecular formula is C21H17N3O2. The Bertz CT molecular complexity index is 980. The Morgan fingerprint density at radius 3 is 2.65 bits per heavy atom. The number of aldehydes is 1. The molecule has 5 nitrogen and oxygen atoms in total. The number of nitrogens with one attached hydrogen (secondary N) is 2. The summed E-state index contributed by atoms with van der Waals surface area (Å²) in [5.74, 6) is -0.0232. The van der Waals surface area contributed by atoms with Gasteiger partial charge in [0.25, 0.3) is 0 Å². The zero-order valence-corrected chi connectivity index (χ0v) is 13.9. The SMILES string of the molecule is O=CC1NN=C2c3c(cccc31)NC(c1ccccc1)C2c1ccoc1. The number of carbonyl (C=O) groups excluding carboxylic acids is 1. The molecule has 26 heavy (non-hydrogen) atoms. The Balaban J connectivity index is 1.73. The number of hydrogen-bond acceptors (Lipinski definition) is 5. The van der Waals surface area contributed by atoms with Gasteiger partial charge in [0.15, 0.2) is 0 Å². The third-order valence-corrected chi connectivity index (χ3v) is 5.15. The van der Waals surface area contributed by atoms with E-state index in [4.69, 9.17) is 4.42 Å². The molecule has 2 N–H and O–H groups in total. The second-order valence-corrected chi connectivity index (χ2v) is 6.58. The Hall–Kier alpha value is -3.34. The zero-order chi connectivity index (χ0) is 17.5. The average Bonchev–Trinajstić information content (AvgIpc) is 3.23. The molecule has 0 fully saturated rings. The maximum atomic E-state index is 11.5. The van der Waals surface area contributed by atoms with Crippen molar-refractivity contribution in [2.75, 3.05) is 5.32 Å². The zero-order valence-electron chi connectivity index (χ0n) is 13.9. The molecule has 0 spiro atoms. The number of carbonyl (C=O) groups is 1. The summed E-state index contributed by atoms with van der Waals surface area (Å²) in [6.07, 6.45) is 4.35. The molecule has 128 valence electrons. The van der Waals surface area contributed by atoms with Crippen LogP contribution in [0.4, 0.5) is 5.69 Å². The molecule has 5 rings (SSSR count). The minimum atomic E-state index is -0.422. The van der Waals surface area contributed by atoms with Crippen molar-refractivity contribution in [2.45, 2.75) is 18.0 Å². The van der Waals surface area contributed by atoms with E-state index in [1.54, 1.807) is 12.5 Å². The lowest BCUT2D eigenvalue weighted by atomic mass is 9.76. The van der Waals surface area contributed by atoms with Crippen LogP contribution in [0.25, 0.3) is 0 Å². The van der Waals surface area contributed by atoms with Crippen molar-refractivity contribution < 1.29 is 9.21 Å². The molecule has 1 aromatic heterocycles. The third kappa shape index (κ3) is 2.17. The molecular weight excluding hydrogens is 326 g/mol. The third-order valence-electron chi connectivity index (χ3n) is 5.15. The summed E-state index contributed by atoms with van der Waals surface area (Å²) in [6.45, 7) is 0. The molecule has 2 aromatic carbocycles. The highest BCUT2D eigenvalue weighted by Crippen LogP contribution is 2.45. The van der Waals surface area contributed by atoms with Crippen LogP contribution in [-0.4, -0.2) is 12.0 Å². The van der Waals surface area contributed by atoms with Gasteiger partial charge in [0.05, 0.1) is 30.2 Å². The summed E-state index contributed by atoms with van der Waals surface area (Å²) < 4.78 is 5.36. The van der Waals surface area contributed by atoms with Gasteiger partial charge >= 0.3 is 0 Å². The van der Waals surface area contributed by atoms with E-state index in [9.17, 15) is 4.79 Å². The first-order valence-electron chi connectivity index (χ1n) is 8.62. The highest BCUT2D eigenvalue weighted by molar-refractivity contribution is 6.13. The first kappa shape index (κ1) is 15.0. The van der Waals surface area contributed by atoms with Crippen molar-refractivity contribution in [2.24, 2.45) is 5.10 Å². The second kappa shape index (κ2) is 5.88. The van der Waals surface area contributed by atoms with Crippen LogP contribution in [0, 0.1) is 0 Å². The number of hydrogen-bond donors (Lipinski definition) is 2. The Labute approximate surface area is 150 Å². The van der Waals surface area contributed by atoms with Gasteiger partial charge in [-0.3, -0.25) is 5.43 Å². The fourth-order valence-corrected chi connectivity index (χ4v) is 3.98. The van der Waals surface area contributed by atoms with Crippen LogP contribution in [0.3, 0.4) is 0 Å². The summed E-state index contributed by atoms with van der Waals surface area (Å²) in [4.78, 5) is 11.5. The largest absolute Gasteiger partial charge is 0.472 e. The number of hydrazone groups is 1. The first-order chi connectivity index (χ1) is 12.9. The predicted octanol–water partition coefficient (Wildman–Crippen LogP) is 3.78. The van der Waals surface area contributed by atoms with Gasteiger partial charge < -0.3 is 14.5 Å². The number of anilines is 1. The molecule has 0 bridgehead atoms. The maximum Gasteiger partial charge on any atom is 0.148 e. The summed E-state index contributed by atoms with van der Waals surface area (Å²) in [5.41, 5.74) is 9.15. The van der Waals surface area contributed by atoms with Crippen LogP contribution in [0.1, 0.15) is 40.3 Å². The Kier molecular flexibility index (Phi) is 3.38. The summed E-state index contributed by atoms with van der Waals surface area (Å²) >= 11 is 0. The molecule has 0 amide bonds. The van der Waals surface area contributed by atoms with Gasteiger partial charge in [0.1, 0.15) is 12.3 Å². The van der Waals surface area contributed by atoms with Crippen molar-refractivity contribution in [1.29, 1.82) is 0 Å². The molecule has 0 radical (unpaired) electrons. The van der Waals surface area contributed by atoms with Crippen LogP contribution in [0.5, 0.6) is 0 Å². The smallest absolute Gasteiger partial charge is 0.148 e. The van der Waals surface area contributed by atoms with E-state index in [0.29, 0.717) is 0 Å². The quantitative estimate of drug-likeness (QED) is 0.710. The van der Waals surface area contributed by atoms with Crippen LogP contribution < -0.4 is 10.7 Å². The lowest BCUT2D eigenvalue weighted by molar-refractivity contribution is -0.109. The molecule has 0 aliphatic carbocycles. The van der Waals surface area contributed by atoms with Gasteiger partial charge in [-0.2, -0.15) is 5.10 Å². The molecule has 0 saturated heterocycles. The van der Waals surface area contributed by atoms with E-state index in [1.165, 1.54) is 5.56 Å². The van der Waals surface area contributed by atoms with Gasteiger partial charge in [-0.15, -0.1) is 0 Å². The van der Waals surface area contributed by atoms with Crippen molar-refractivity contribution in [3.05, 3.63) is 89.4 Å². The molecule has 3 atom stereocenters. The monoisotopic (exact) mass is 343 g/mol. The number of benzene rings is 2. The van der Waals surface area contributed by atoms with E-state index in [0.717, 1.165) is 34.4 Å². The van der Waals surface area contributed by atoms with Crippen molar-refractivity contribution >= 4 is 17.7 Å². The standard InChI is InChI=1S/C21H17N3O2/c25-11-17-15-7-4-8-16-19(15)21(24-23-17)18(14-9-10-26-12-14)20(22-16)13-5-2-1-3-6-13/h1-12,17-18,20,22-23H. The molecule has 5 heteroatoms. The Morgan fingerprint density at radius 2 is 1.88 bits per heavy atom. The van der Waals surface area contributed by atoms with Gasteiger partial charge in [-0.05, 0) is 23.3 Å². The van der Waals surface area contributed by atoms with Crippen LogP contribution >= 0.6 is 0 Å². The molecule has 3 heterocycles. The van der Waals surface area contributed by atoms with E-state index in [2.05, 4.69) is 28.0 Å². The molecule has 0 saturated carbocycles. The van der Waals surface area contributed by atoms with E-state index in [1.807, 2.05) is 42.5 Å². The van der Waals surface area contributed by atoms with Gasteiger partial charge in [-0.1, -0.05) is 42.5 Å². The second-order valence-electron chi connectivity index (χ2n) is 6.58. The minimum absolute atomic E-state index is 0.0184. The summed E-state index contributed by atoms with van der Waals surface area (Å²) in [5, 5.41) is 8.29. The van der Waals surface area contributed by atoms with Gasteiger partial charge in [0.2, 0.25) is 0 Å². The molecule has 2 aliphatic heterocycles. The molecule has 2 aliphatic rings.